The van der Waals surface area contributed by atoms with Gasteiger partial charge in [-0.15, -0.1) is 16.4 Å². The van der Waals surface area contributed by atoms with Gasteiger partial charge in [0.2, 0.25) is 0 Å². The Kier molecular flexibility index (Phi) is 5.83. The minimum absolute atomic E-state index is 0.00172. The number of nitriles is 1. The first-order valence-corrected chi connectivity index (χ1v) is 13.4. The lowest BCUT2D eigenvalue weighted by Gasteiger charge is -2.22. The van der Waals surface area contributed by atoms with Gasteiger partial charge in [0, 0.05) is 28.6 Å². The van der Waals surface area contributed by atoms with Crippen LogP contribution in [-0.4, -0.2) is 54.6 Å². The quantitative estimate of drug-likeness (QED) is 0.397. The fraction of sp³-hybridized carbons (Fsp3) is 0.357. The van der Waals surface area contributed by atoms with Gasteiger partial charge in [-0.1, -0.05) is 17.3 Å². The third kappa shape index (κ3) is 4.17. The molecule has 1 amide bonds. The molecule has 2 aliphatic rings. The van der Waals surface area contributed by atoms with E-state index in [1.807, 2.05) is 35.2 Å². The summed E-state index contributed by atoms with van der Waals surface area (Å²) in [5.41, 5.74) is 8.84. The zero-order valence-corrected chi connectivity index (χ0v) is 21.9. The topological polar surface area (TPSA) is 121 Å². The van der Waals surface area contributed by atoms with Crippen LogP contribution >= 0.6 is 11.3 Å². The smallest absolute Gasteiger partial charge is 0.264 e. The van der Waals surface area contributed by atoms with Gasteiger partial charge in [0.05, 0.1) is 28.1 Å². The monoisotopic (exact) mass is 530 g/mol. The Hall–Kier alpha value is -3.65. The molecule has 2 aromatic carbocycles. The largest absolute Gasteiger partial charge is 0.389 e. The standard InChI is InChI=1S/C28H27FN6O2S/c1-28(2,37)14-34-24-7-5-16(10-22(24)32-33-34)26-19(15-3-4-17(13-30)20(29)9-15)12-25(38-26)27(36)35-18-6-8-23(35)21(31)11-18/h3-5,7,9-10,12,18,21,23,37H,6,8,11,14,31H2,1-2H3/t18-,21+,23+/m1/s1. The van der Waals surface area contributed by atoms with Gasteiger partial charge >= 0.3 is 0 Å². The summed E-state index contributed by atoms with van der Waals surface area (Å²) in [6.07, 6.45) is 2.70. The van der Waals surface area contributed by atoms with Gasteiger partial charge in [-0.05, 0) is 74.6 Å². The molecular formula is C28H27FN6O2S. The Morgan fingerprint density at radius 2 is 2.03 bits per heavy atom. The Labute approximate surface area is 223 Å². The van der Waals surface area contributed by atoms with E-state index in [4.69, 9.17) is 5.73 Å². The van der Waals surface area contributed by atoms with Crippen LogP contribution in [0, 0.1) is 17.1 Å². The fourth-order valence-corrected chi connectivity index (χ4v) is 6.90. The first-order valence-electron chi connectivity index (χ1n) is 12.6. The second-order valence-corrected chi connectivity index (χ2v) is 11.9. The summed E-state index contributed by atoms with van der Waals surface area (Å²) in [4.78, 5) is 17.0. The van der Waals surface area contributed by atoms with Crippen LogP contribution in [0.25, 0.3) is 32.6 Å². The van der Waals surface area contributed by atoms with E-state index in [1.54, 1.807) is 24.6 Å². The van der Waals surface area contributed by atoms with E-state index >= 15 is 0 Å². The number of benzene rings is 2. The molecule has 0 saturated carbocycles. The van der Waals surface area contributed by atoms with Crippen molar-refractivity contribution in [2.45, 2.75) is 63.4 Å². The van der Waals surface area contributed by atoms with E-state index in [0.29, 0.717) is 21.5 Å². The molecule has 4 aromatic rings. The average molecular weight is 531 g/mol. The molecule has 38 heavy (non-hydrogen) atoms. The third-order valence-corrected chi connectivity index (χ3v) is 8.65. The maximum Gasteiger partial charge on any atom is 0.264 e. The number of rotatable bonds is 5. The SMILES string of the molecule is CC(C)(O)Cn1nnc2cc(-c3sc(C(=O)N4[C@@H]5CC[C@H]4[C@@H](N)C5)cc3-c3ccc(C#N)c(F)c3)ccc21. The molecule has 2 aliphatic heterocycles. The minimum atomic E-state index is -0.952. The van der Waals surface area contributed by atoms with E-state index in [0.717, 1.165) is 35.2 Å². The molecule has 0 radical (unpaired) electrons. The Bertz CT molecular complexity index is 1610. The van der Waals surface area contributed by atoms with Gasteiger partial charge in [-0.2, -0.15) is 5.26 Å². The lowest BCUT2D eigenvalue weighted by atomic mass is 9.97. The molecule has 2 fully saturated rings. The summed E-state index contributed by atoms with van der Waals surface area (Å²) in [6.45, 7) is 3.71. The predicted octanol–water partition coefficient (Wildman–Crippen LogP) is 4.31. The fourth-order valence-electron chi connectivity index (χ4n) is 5.77. The maximum absolute atomic E-state index is 14.6. The molecular weight excluding hydrogens is 503 g/mol. The first kappa shape index (κ1) is 24.7. The van der Waals surface area contributed by atoms with Gasteiger partial charge in [0.25, 0.3) is 5.91 Å². The molecule has 6 rings (SSSR count). The van der Waals surface area contributed by atoms with Gasteiger partial charge in [0.1, 0.15) is 17.4 Å². The highest BCUT2D eigenvalue weighted by atomic mass is 32.1. The van der Waals surface area contributed by atoms with Gasteiger partial charge < -0.3 is 15.7 Å². The molecule has 194 valence electrons. The van der Waals surface area contributed by atoms with Crippen LogP contribution < -0.4 is 5.73 Å². The van der Waals surface area contributed by atoms with Gasteiger partial charge in [-0.25, -0.2) is 9.07 Å². The number of nitrogens with zero attached hydrogens (tertiary/aromatic N) is 5. The molecule has 2 aromatic heterocycles. The number of aromatic nitrogens is 3. The lowest BCUT2D eigenvalue weighted by molar-refractivity contribution is 0.0584. The highest BCUT2D eigenvalue weighted by Crippen LogP contribution is 2.44. The van der Waals surface area contributed by atoms with Crippen LogP contribution in [0.1, 0.15) is 48.3 Å². The van der Waals surface area contributed by atoms with E-state index in [9.17, 15) is 19.6 Å². The molecule has 8 nitrogen and oxygen atoms in total. The van der Waals surface area contributed by atoms with Crippen LogP contribution in [-0.2, 0) is 6.54 Å². The van der Waals surface area contributed by atoms with Crippen molar-refractivity contribution in [3.05, 3.63) is 58.7 Å². The zero-order chi connectivity index (χ0) is 26.8. The summed E-state index contributed by atoms with van der Waals surface area (Å²) < 4.78 is 16.3. The number of halogens is 1. The van der Waals surface area contributed by atoms with Crippen molar-refractivity contribution in [3.63, 3.8) is 0 Å². The van der Waals surface area contributed by atoms with E-state index in [-0.39, 0.29) is 36.1 Å². The highest BCUT2D eigenvalue weighted by Gasteiger charge is 2.47. The van der Waals surface area contributed by atoms with E-state index in [2.05, 4.69) is 10.3 Å². The second-order valence-electron chi connectivity index (χ2n) is 10.8. The van der Waals surface area contributed by atoms with Crippen molar-refractivity contribution < 1.29 is 14.3 Å². The number of carbonyl (C=O) groups is 1. The van der Waals surface area contributed by atoms with Crippen LogP contribution in [0.3, 0.4) is 0 Å². The second kappa shape index (κ2) is 8.98. The van der Waals surface area contributed by atoms with Crippen molar-refractivity contribution in [2.24, 2.45) is 5.73 Å². The van der Waals surface area contributed by atoms with Crippen molar-refractivity contribution in [1.29, 1.82) is 5.26 Å². The summed E-state index contributed by atoms with van der Waals surface area (Å²) >= 11 is 1.36. The zero-order valence-electron chi connectivity index (χ0n) is 21.1. The van der Waals surface area contributed by atoms with Crippen molar-refractivity contribution in [2.75, 3.05) is 0 Å². The van der Waals surface area contributed by atoms with Crippen LogP contribution in [0.4, 0.5) is 4.39 Å². The molecule has 0 aliphatic carbocycles. The first-order chi connectivity index (χ1) is 18.1. The molecule has 3 atom stereocenters. The summed E-state index contributed by atoms with van der Waals surface area (Å²) in [5, 5.41) is 27.9. The lowest BCUT2D eigenvalue weighted by Crippen LogP contribution is -2.40. The third-order valence-electron chi connectivity index (χ3n) is 7.48. The van der Waals surface area contributed by atoms with Gasteiger partial charge in [0.15, 0.2) is 0 Å². The number of amides is 1. The molecule has 0 unspecified atom stereocenters. The normalized spacial score (nSPS) is 20.8. The van der Waals surface area contributed by atoms with Crippen LogP contribution in [0.2, 0.25) is 0 Å². The van der Waals surface area contributed by atoms with Crippen molar-refractivity contribution in [1.82, 2.24) is 19.9 Å². The molecule has 2 saturated heterocycles. The Morgan fingerprint density at radius 3 is 2.68 bits per heavy atom. The summed E-state index contributed by atoms with van der Waals surface area (Å²) in [6, 6.07) is 14.1. The van der Waals surface area contributed by atoms with Crippen LogP contribution in [0.15, 0.2) is 42.5 Å². The maximum atomic E-state index is 14.6. The summed E-state index contributed by atoms with van der Waals surface area (Å²) in [5.74, 6) is -0.655. The molecule has 10 heteroatoms. The number of thiophene rings is 1. The number of hydrogen-bond acceptors (Lipinski definition) is 7. The number of carbonyl (C=O) groups excluding carboxylic acids is 1. The number of hydrogen-bond donors (Lipinski definition) is 2. The Balaban J connectivity index is 1.45. The predicted molar refractivity (Wildman–Crippen MR) is 143 cm³/mol. The van der Waals surface area contributed by atoms with E-state index < -0.39 is 11.4 Å². The number of fused-ring (bicyclic) bond motifs is 3. The average Bonchev–Trinajstić information content (AvgIpc) is 3.64. The van der Waals surface area contributed by atoms with Crippen LogP contribution in [0.5, 0.6) is 0 Å². The molecule has 4 heterocycles. The highest BCUT2D eigenvalue weighted by molar-refractivity contribution is 7.18. The van der Waals surface area contributed by atoms with E-state index in [1.165, 1.54) is 23.5 Å². The number of aliphatic hydroxyl groups is 1. The van der Waals surface area contributed by atoms with Crippen molar-refractivity contribution in [3.8, 4) is 27.6 Å². The Morgan fingerprint density at radius 1 is 1.24 bits per heavy atom. The molecule has 0 spiro atoms. The molecule has 3 N–H and O–H groups in total. The molecule has 2 bridgehead atoms. The van der Waals surface area contributed by atoms with Crippen molar-refractivity contribution >= 4 is 28.3 Å². The van der Waals surface area contributed by atoms with Gasteiger partial charge in [-0.3, -0.25) is 4.79 Å². The summed E-state index contributed by atoms with van der Waals surface area (Å²) in [7, 11) is 0. The number of nitrogens with two attached hydrogens (primary N) is 1. The minimum Gasteiger partial charge on any atom is -0.389 e.